The molecule has 0 aliphatic carbocycles. The average molecular weight is 1010 g/mol. The Morgan fingerprint density at radius 2 is 1.28 bits per heavy atom. The molecule has 0 bridgehead atoms. The van der Waals surface area contributed by atoms with Gasteiger partial charge in [0.05, 0.1) is 57.4 Å². The van der Waals surface area contributed by atoms with Gasteiger partial charge in [0.15, 0.2) is 11.0 Å². The second kappa shape index (κ2) is 30.0. The van der Waals surface area contributed by atoms with E-state index in [-0.39, 0.29) is 80.4 Å². The van der Waals surface area contributed by atoms with Crippen molar-refractivity contribution in [3.63, 3.8) is 0 Å². The molecule has 0 saturated carbocycles. The topological polar surface area (TPSA) is 291 Å². The number of ether oxygens (including phenoxy) is 3. The molecular weight excluding hydrogens is 938 g/mol. The van der Waals surface area contributed by atoms with Crippen LogP contribution in [0.4, 0.5) is 4.79 Å². The van der Waals surface area contributed by atoms with E-state index in [1.807, 2.05) is 91.0 Å². The lowest BCUT2D eigenvalue weighted by atomic mass is 9.95. The number of amides is 6. The molecule has 21 nitrogen and oxygen atoms in total. The van der Waals surface area contributed by atoms with Crippen molar-refractivity contribution >= 4 is 53.8 Å². The third-order valence-electron chi connectivity index (χ3n) is 10.4. The Morgan fingerprint density at radius 3 is 1.83 bits per heavy atom. The molecule has 1 aliphatic rings. The molecule has 5 rings (SSSR count). The Balaban J connectivity index is 0.000000371. The Hall–Kier alpha value is -6.81. The summed E-state index contributed by atoms with van der Waals surface area (Å²) in [6, 6.07) is 26.4. The third kappa shape index (κ3) is 22.2. The van der Waals surface area contributed by atoms with Crippen LogP contribution in [0.2, 0.25) is 0 Å². The first kappa shape index (κ1) is 58.5. The highest BCUT2D eigenvalue weighted by molar-refractivity contribution is 6.08. The van der Waals surface area contributed by atoms with E-state index in [1.54, 1.807) is 39.3 Å². The number of halogens is 1. The number of H-pyrrole nitrogens is 1. The van der Waals surface area contributed by atoms with E-state index in [2.05, 4.69) is 47.4 Å². The largest absolute Gasteiger partial charge is 0.445 e. The third-order valence-corrected chi connectivity index (χ3v) is 10.4. The summed E-state index contributed by atoms with van der Waals surface area (Å²) >= 11 is 0. The van der Waals surface area contributed by atoms with Gasteiger partial charge in [0.25, 0.3) is 0 Å². The van der Waals surface area contributed by atoms with Gasteiger partial charge in [-0.2, -0.15) is 4.68 Å². The molecule has 6 amide bonds. The number of benzene rings is 3. The Kier molecular flexibility index (Phi) is 24.8. The van der Waals surface area contributed by atoms with Gasteiger partial charge in [0.2, 0.25) is 29.5 Å². The van der Waals surface area contributed by atoms with E-state index >= 15 is 0 Å². The van der Waals surface area contributed by atoms with Gasteiger partial charge >= 0.3 is 11.9 Å². The second-order valence-electron chi connectivity index (χ2n) is 18.1. The maximum absolute atomic E-state index is 12.7. The molecule has 22 heteroatoms. The summed E-state index contributed by atoms with van der Waals surface area (Å²) in [7, 11) is 0. The maximum Gasteiger partial charge on any atom is 0.407 e. The predicted molar refractivity (Wildman–Crippen MR) is 263 cm³/mol. The zero-order valence-corrected chi connectivity index (χ0v) is 41.8. The summed E-state index contributed by atoms with van der Waals surface area (Å²) in [5.74, 6) is -1.45. The summed E-state index contributed by atoms with van der Waals surface area (Å²) in [5, 5.41) is 27.1. The molecule has 2 heterocycles. The number of nitrogens with one attached hydrogen (secondary N) is 7. The van der Waals surface area contributed by atoms with Crippen LogP contribution < -0.4 is 42.3 Å². The number of aryl methyl sites for hydroxylation is 1. The van der Waals surface area contributed by atoms with Gasteiger partial charge in [0.1, 0.15) is 23.8 Å². The van der Waals surface area contributed by atoms with Crippen molar-refractivity contribution in [2.75, 3.05) is 32.8 Å². The molecule has 9 N–H and O–H groups in total. The van der Waals surface area contributed by atoms with Gasteiger partial charge < -0.3 is 51.8 Å². The molecular formula is C49H69ClN11O10+. The molecule has 0 spiro atoms. The lowest BCUT2D eigenvalue weighted by molar-refractivity contribution is -0.762. The molecule has 1 aliphatic heterocycles. The highest BCUT2D eigenvalue weighted by Gasteiger charge is 2.33. The van der Waals surface area contributed by atoms with Crippen molar-refractivity contribution in [3.05, 3.63) is 114 Å². The molecule has 3 aromatic carbocycles. The van der Waals surface area contributed by atoms with Crippen molar-refractivity contribution < 1.29 is 52.5 Å². The number of carbonyl (C=O) groups excluding carboxylic acids is 7. The molecule has 1 unspecified atom stereocenters. The highest BCUT2D eigenvalue weighted by atomic mass is 35.5. The van der Waals surface area contributed by atoms with Crippen molar-refractivity contribution in [2.45, 2.75) is 110 Å². The first-order valence-corrected chi connectivity index (χ1v) is 23.1. The molecule has 1 saturated heterocycles. The number of rotatable bonds is 25. The van der Waals surface area contributed by atoms with Gasteiger partial charge in [-0.1, -0.05) is 117 Å². The van der Waals surface area contributed by atoms with Crippen LogP contribution in [0, 0.1) is 5.41 Å². The summed E-state index contributed by atoms with van der Waals surface area (Å²) in [6.45, 7) is 11.1. The van der Waals surface area contributed by atoms with Crippen molar-refractivity contribution in [3.8, 4) is 0 Å². The number of carbonyl (C=O) groups is 7. The molecule has 386 valence electrons. The number of tetrazole rings is 1. The molecule has 1 aromatic heterocycles. The van der Waals surface area contributed by atoms with Crippen LogP contribution in [0.25, 0.3) is 0 Å². The summed E-state index contributed by atoms with van der Waals surface area (Å²) in [6.07, 6.45) is 0.248. The summed E-state index contributed by atoms with van der Waals surface area (Å²) in [4.78, 5) is 84.5. The molecule has 0 radical (unpaired) electrons. The number of alkyl carbamates (subject to hydrolysis) is 1. The van der Waals surface area contributed by atoms with Crippen LogP contribution in [0.1, 0.15) is 88.9 Å². The molecule has 3 atom stereocenters. The summed E-state index contributed by atoms with van der Waals surface area (Å²) in [5.41, 5.74) is 7.09. The van der Waals surface area contributed by atoms with Crippen LogP contribution in [0.15, 0.2) is 91.0 Å². The Morgan fingerprint density at radius 1 is 0.732 bits per heavy atom. The van der Waals surface area contributed by atoms with E-state index in [0.29, 0.717) is 58.1 Å². The van der Waals surface area contributed by atoms with Crippen molar-refractivity contribution in [2.24, 2.45) is 11.1 Å². The van der Waals surface area contributed by atoms with Gasteiger partial charge in [-0.05, 0) is 43.4 Å². The normalized spacial score (nSPS) is 14.0. The standard InChI is InChI=1S/C26H35N3O5.C23H32N8O5.ClH/c1-26(2,3)24(31)29-22(19-33-17-20-11-6-4-7-12-20)23(30)27-15-10-16-28-25(32)34-18-21-13-8-5-9-14-21;1-23(2,24)22(35)27-17(14-36-13-15-7-4-3-5-8-15)21-28-29-30-31(21)10-6-9-25-19(33)11-16-18(32)12-20(34)26-16;/h4-9,11-14,22H,10,15-19H2,1-3H3,(H,27,30)(H,28,32)(H,29,31);3-5,7-8,16-17H,6,9-14,24H2,1-2H3,(H3,25,26,27,33,34,35);1H/p+1/t22-;16?,17-;/m11./s1. The number of nitrogens with two attached hydrogens (primary N) is 1. The number of aromatic amines is 1. The minimum absolute atomic E-state index is 0. The van der Waals surface area contributed by atoms with Gasteiger partial charge in [-0.15, -0.1) is 12.4 Å². The molecule has 71 heavy (non-hydrogen) atoms. The van der Waals surface area contributed by atoms with Crippen LogP contribution in [0.5, 0.6) is 0 Å². The van der Waals surface area contributed by atoms with E-state index < -0.39 is 35.2 Å². The van der Waals surface area contributed by atoms with E-state index in [0.717, 1.165) is 16.7 Å². The predicted octanol–water partition coefficient (Wildman–Crippen LogP) is 2.15. The quantitative estimate of drug-likeness (QED) is 0.0269. The molecule has 1 fully saturated rings. The zero-order chi connectivity index (χ0) is 50.9. The SMILES string of the molecule is CC(C)(C)C(=O)N[C@H](COCc1ccccc1)C(=O)NCCCNC(=O)OCc1ccccc1.CC(C)(N)C(=O)N[C@H](COCc1ccccc1)c1nn[nH][n+]1CCCNC(=O)CC1NC(=O)CC1=O.Cl. The number of hydrogen-bond acceptors (Lipinski definition) is 13. The van der Waals surface area contributed by atoms with Crippen molar-refractivity contribution in [1.29, 1.82) is 0 Å². The maximum atomic E-state index is 12.7. The number of ketones is 1. The minimum atomic E-state index is -1.10. The fourth-order valence-corrected chi connectivity index (χ4v) is 6.36. The number of nitrogens with zero attached hydrogens (tertiary/aromatic N) is 3. The zero-order valence-electron chi connectivity index (χ0n) is 41.0. The van der Waals surface area contributed by atoms with Crippen LogP contribution >= 0.6 is 12.4 Å². The molecule has 4 aromatic rings. The van der Waals surface area contributed by atoms with Crippen LogP contribution in [-0.2, 0) is 69.3 Å². The first-order chi connectivity index (χ1) is 33.4. The fraction of sp³-hybridized carbons (Fsp3) is 0.469. The van der Waals surface area contributed by atoms with Crippen LogP contribution in [-0.4, -0.2) is 107 Å². The summed E-state index contributed by atoms with van der Waals surface area (Å²) < 4.78 is 18.3. The fourth-order valence-electron chi connectivity index (χ4n) is 6.36. The van der Waals surface area contributed by atoms with Crippen molar-refractivity contribution in [1.82, 2.24) is 47.4 Å². The lowest BCUT2D eigenvalue weighted by Crippen LogP contribution is -2.53. The van der Waals surface area contributed by atoms with E-state index in [9.17, 15) is 33.6 Å². The second-order valence-corrected chi connectivity index (χ2v) is 18.1. The first-order valence-electron chi connectivity index (χ1n) is 23.1. The Bertz CT molecular complexity index is 2290. The van der Waals surface area contributed by atoms with E-state index in [1.165, 1.54) is 0 Å². The lowest BCUT2D eigenvalue weighted by Gasteiger charge is -2.24. The van der Waals surface area contributed by atoms with Crippen LogP contribution in [0.3, 0.4) is 0 Å². The number of Topliss-reactive ketones (excluding diaryl/α,β-unsaturated/α-hetero) is 1. The van der Waals surface area contributed by atoms with Gasteiger partial charge in [-0.25, -0.2) is 4.79 Å². The number of aromatic nitrogens is 4. The van der Waals surface area contributed by atoms with E-state index in [4.69, 9.17) is 19.9 Å². The average Bonchev–Trinajstić information content (AvgIpc) is 3.93. The smallest absolute Gasteiger partial charge is 0.407 e. The van der Waals surface area contributed by atoms with Gasteiger partial charge in [-0.3, -0.25) is 28.8 Å². The Labute approximate surface area is 420 Å². The minimum Gasteiger partial charge on any atom is -0.445 e. The highest BCUT2D eigenvalue weighted by Crippen LogP contribution is 2.14. The monoisotopic (exact) mass is 1010 g/mol. The van der Waals surface area contributed by atoms with Gasteiger partial charge in [0, 0.05) is 25.0 Å². The number of hydrogen-bond donors (Lipinski definition) is 8.